The Kier molecular flexibility index (Phi) is 6.51. The van der Waals surface area contributed by atoms with Crippen LogP contribution in [0, 0.1) is 18.3 Å². The van der Waals surface area contributed by atoms with Gasteiger partial charge in [-0.25, -0.2) is 5.43 Å². The predicted octanol–water partition coefficient (Wildman–Crippen LogP) is 5.03. The number of carbonyl (C=O) groups is 1. The Hall–Kier alpha value is -4.37. The quantitative estimate of drug-likeness (QED) is 0.326. The molecule has 0 saturated heterocycles. The van der Waals surface area contributed by atoms with E-state index in [2.05, 4.69) is 27.2 Å². The van der Waals surface area contributed by atoms with E-state index in [0.29, 0.717) is 24.3 Å². The maximum Gasteiger partial charge on any atom is 0.271 e. The van der Waals surface area contributed by atoms with Crippen LogP contribution in [0.2, 0.25) is 0 Å². The number of hydrazone groups is 1. The van der Waals surface area contributed by atoms with E-state index in [1.807, 2.05) is 56.3 Å². The van der Waals surface area contributed by atoms with Gasteiger partial charge in [0, 0.05) is 34.3 Å². The van der Waals surface area contributed by atoms with Crippen LogP contribution in [0.1, 0.15) is 39.7 Å². The van der Waals surface area contributed by atoms with Gasteiger partial charge >= 0.3 is 0 Å². The first-order chi connectivity index (χ1) is 16.1. The number of hydrogen-bond donors (Lipinski definition) is 1. The van der Waals surface area contributed by atoms with Gasteiger partial charge in [0.05, 0.1) is 24.5 Å². The second-order valence-corrected chi connectivity index (χ2v) is 7.57. The van der Waals surface area contributed by atoms with Crippen molar-refractivity contribution < 1.29 is 9.53 Å². The summed E-state index contributed by atoms with van der Waals surface area (Å²) in [6.45, 7) is 5.20. The van der Waals surface area contributed by atoms with E-state index in [1.165, 1.54) is 0 Å². The molecule has 4 aromatic rings. The third-order valence-corrected chi connectivity index (χ3v) is 5.49. The van der Waals surface area contributed by atoms with Gasteiger partial charge in [-0.2, -0.15) is 10.4 Å². The molecule has 0 spiro atoms. The highest BCUT2D eigenvalue weighted by atomic mass is 16.5. The zero-order valence-electron chi connectivity index (χ0n) is 18.6. The summed E-state index contributed by atoms with van der Waals surface area (Å²) in [5, 5.41) is 14.3. The Balaban J connectivity index is 1.56. The van der Waals surface area contributed by atoms with Gasteiger partial charge in [-0.05, 0) is 61.9 Å². The van der Waals surface area contributed by atoms with Crippen molar-refractivity contribution in [2.24, 2.45) is 5.10 Å². The van der Waals surface area contributed by atoms with Crippen molar-refractivity contribution in [1.29, 1.82) is 5.26 Å². The third-order valence-electron chi connectivity index (χ3n) is 5.49. The number of aromatic nitrogens is 1. The van der Waals surface area contributed by atoms with Gasteiger partial charge < -0.3 is 9.30 Å². The van der Waals surface area contributed by atoms with Crippen molar-refractivity contribution in [3.05, 3.63) is 101 Å². The zero-order valence-corrected chi connectivity index (χ0v) is 18.6. The smallest absolute Gasteiger partial charge is 0.271 e. The van der Waals surface area contributed by atoms with Gasteiger partial charge in [-0.1, -0.05) is 30.3 Å². The highest BCUT2D eigenvalue weighted by molar-refractivity contribution is 6.02. The predicted molar refractivity (Wildman–Crippen MR) is 130 cm³/mol. The van der Waals surface area contributed by atoms with Gasteiger partial charge in [-0.15, -0.1) is 0 Å². The summed E-state index contributed by atoms with van der Waals surface area (Å²) >= 11 is 0. The fourth-order valence-electron chi connectivity index (χ4n) is 3.78. The SMILES string of the molecule is CCOc1ccc(C(=O)N/N=C\c2c(C)n(Cc3ccc(C#N)cc3)c3ccccc23)cc1. The second kappa shape index (κ2) is 9.84. The highest BCUT2D eigenvalue weighted by Gasteiger charge is 2.13. The van der Waals surface area contributed by atoms with Crippen molar-refractivity contribution in [1.82, 2.24) is 9.99 Å². The van der Waals surface area contributed by atoms with Crippen LogP contribution in [-0.2, 0) is 6.54 Å². The summed E-state index contributed by atoms with van der Waals surface area (Å²) in [6, 6.07) is 24.8. The second-order valence-electron chi connectivity index (χ2n) is 7.57. The minimum atomic E-state index is -0.284. The molecule has 0 fully saturated rings. The number of amides is 1. The Labute approximate surface area is 192 Å². The van der Waals surface area contributed by atoms with E-state index in [9.17, 15) is 4.79 Å². The molecule has 3 aromatic carbocycles. The molecule has 0 aliphatic rings. The summed E-state index contributed by atoms with van der Waals surface area (Å²) in [5.41, 5.74) is 7.94. The van der Waals surface area contributed by atoms with Crippen LogP contribution < -0.4 is 10.2 Å². The Morgan fingerprint density at radius 2 is 1.82 bits per heavy atom. The summed E-state index contributed by atoms with van der Waals surface area (Å²) in [7, 11) is 0. The minimum Gasteiger partial charge on any atom is -0.494 e. The van der Waals surface area contributed by atoms with Crippen LogP contribution in [-0.4, -0.2) is 23.3 Å². The lowest BCUT2D eigenvalue weighted by Gasteiger charge is -2.09. The molecule has 1 amide bonds. The fourth-order valence-corrected chi connectivity index (χ4v) is 3.78. The molecule has 33 heavy (non-hydrogen) atoms. The lowest BCUT2D eigenvalue weighted by Crippen LogP contribution is -2.17. The van der Waals surface area contributed by atoms with Crippen LogP contribution in [0.25, 0.3) is 10.9 Å². The molecule has 6 nitrogen and oxygen atoms in total. The number of fused-ring (bicyclic) bond motifs is 1. The number of nitrogens with zero attached hydrogens (tertiary/aromatic N) is 3. The Bertz CT molecular complexity index is 1340. The topological polar surface area (TPSA) is 79.4 Å². The number of rotatable bonds is 7. The molecule has 0 saturated carbocycles. The zero-order chi connectivity index (χ0) is 23.2. The van der Waals surface area contributed by atoms with Gasteiger partial charge in [0.15, 0.2) is 0 Å². The van der Waals surface area contributed by atoms with E-state index >= 15 is 0 Å². The van der Waals surface area contributed by atoms with E-state index in [1.54, 1.807) is 30.5 Å². The fraction of sp³-hybridized carbons (Fsp3) is 0.148. The third kappa shape index (κ3) is 4.78. The molecule has 1 N–H and O–H groups in total. The normalized spacial score (nSPS) is 10.9. The van der Waals surface area contributed by atoms with Crippen LogP contribution in [0.3, 0.4) is 0 Å². The van der Waals surface area contributed by atoms with Gasteiger partial charge in [0.2, 0.25) is 0 Å². The van der Waals surface area contributed by atoms with Crippen molar-refractivity contribution >= 4 is 23.0 Å². The Morgan fingerprint density at radius 1 is 1.09 bits per heavy atom. The Morgan fingerprint density at radius 3 is 2.52 bits per heavy atom. The molecule has 1 aromatic heterocycles. The van der Waals surface area contributed by atoms with Crippen LogP contribution in [0.4, 0.5) is 0 Å². The molecule has 0 aliphatic heterocycles. The molecule has 0 bridgehead atoms. The largest absolute Gasteiger partial charge is 0.494 e. The molecular weight excluding hydrogens is 412 g/mol. The van der Waals surface area contributed by atoms with E-state index in [0.717, 1.165) is 33.5 Å². The van der Waals surface area contributed by atoms with Crippen LogP contribution in [0.15, 0.2) is 77.9 Å². The van der Waals surface area contributed by atoms with Gasteiger partial charge in [0.25, 0.3) is 5.91 Å². The molecule has 0 unspecified atom stereocenters. The van der Waals surface area contributed by atoms with Gasteiger partial charge in [0.1, 0.15) is 5.75 Å². The van der Waals surface area contributed by atoms with Crippen molar-refractivity contribution in [2.75, 3.05) is 6.61 Å². The molecule has 4 rings (SSSR count). The van der Waals surface area contributed by atoms with Crippen molar-refractivity contribution in [2.45, 2.75) is 20.4 Å². The first-order valence-corrected chi connectivity index (χ1v) is 10.7. The lowest BCUT2D eigenvalue weighted by molar-refractivity contribution is 0.0955. The molecule has 6 heteroatoms. The number of benzene rings is 3. The summed E-state index contributed by atoms with van der Waals surface area (Å²) in [4.78, 5) is 12.5. The molecular formula is C27H24N4O2. The van der Waals surface area contributed by atoms with E-state index in [-0.39, 0.29) is 5.91 Å². The summed E-state index contributed by atoms with van der Waals surface area (Å²) in [5.74, 6) is 0.441. The molecule has 0 radical (unpaired) electrons. The molecule has 1 heterocycles. The first kappa shape index (κ1) is 21.8. The maximum absolute atomic E-state index is 12.5. The average Bonchev–Trinajstić information content (AvgIpc) is 3.11. The van der Waals surface area contributed by atoms with Crippen molar-refractivity contribution in [3.63, 3.8) is 0 Å². The summed E-state index contributed by atoms with van der Waals surface area (Å²) < 4.78 is 7.63. The number of hydrogen-bond acceptors (Lipinski definition) is 4. The first-order valence-electron chi connectivity index (χ1n) is 10.7. The van der Waals surface area contributed by atoms with E-state index in [4.69, 9.17) is 10.00 Å². The molecule has 0 atom stereocenters. The molecule has 164 valence electrons. The standard InChI is InChI=1S/C27H24N4O2/c1-3-33-23-14-12-22(13-15-23)27(32)30-29-17-25-19(2)31(26-7-5-4-6-24(25)26)18-21-10-8-20(16-28)9-11-21/h4-15,17H,3,18H2,1-2H3,(H,30,32)/b29-17-. The number of nitrogens with one attached hydrogen (secondary N) is 1. The van der Waals surface area contributed by atoms with Gasteiger partial charge in [-0.3, -0.25) is 4.79 Å². The minimum absolute atomic E-state index is 0.284. The van der Waals surface area contributed by atoms with Crippen LogP contribution >= 0.6 is 0 Å². The number of carbonyl (C=O) groups excluding carboxylic acids is 1. The monoisotopic (exact) mass is 436 g/mol. The van der Waals surface area contributed by atoms with Crippen molar-refractivity contribution in [3.8, 4) is 11.8 Å². The number of para-hydroxylation sites is 1. The number of nitriles is 1. The summed E-state index contributed by atoms with van der Waals surface area (Å²) in [6.07, 6.45) is 1.69. The van der Waals surface area contributed by atoms with E-state index < -0.39 is 0 Å². The average molecular weight is 437 g/mol. The lowest BCUT2D eigenvalue weighted by atomic mass is 10.1. The van der Waals surface area contributed by atoms with Crippen LogP contribution in [0.5, 0.6) is 5.75 Å². The maximum atomic E-state index is 12.5. The molecule has 0 aliphatic carbocycles. The highest BCUT2D eigenvalue weighted by Crippen LogP contribution is 2.25. The number of ether oxygens (including phenoxy) is 1.